The maximum Gasteiger partial charge on any atom is 0.0638 e. The minimum absolute atomic E-state index is 0.395. The Kier molecular flexibility index (Phi) is 5.71. The van der Waals surface area contributed by atoms with Crippen molar-refractivity contribution in [1.82, 2.24) is 5.32 Å². The van der Waals surface area contributed by atoms with Gasteiger partial charge in [-0.05, 0) is 32.1 Å². The molecule has 1 aliphatic carbocycles. The van der Waals surface area contributed by atoms with Gasteiger partial charge in [0.15, 0.2) is 0 Å². The second kappa shape index (κ2) is 6.85. The maximum absolute atomic E-state index is 8.70. The molecule has 1 aliphatic rings. The van der Waals surface area contributed by atoms with Gasteiger partial charge in [0.1, 0.15) is 0 Å². The number of hydrogen-bond acceptors (Lipinski definition) is 2. The van der Waals surface area contributed by atoms with Crippen molar-refractivity contribution in [3.05, 3.63) is 0 Å². The average molecular weight is 208 g/mol. The van der Waals surface area contributed by atoms with Gasteiger partial charge in [0.05, 0.1) is 12.5 Å². The third kappa shape index (κ3) is 4.22. The van der Waals surface area contributed by atoms with Crippen molar-refractivity contribution in [1.29, 1.82) is 5.26 Å². The maximum atomic E-state index is 8.70. The second-order valence-electron chi connectivity index (χ2n) is 4.82. The van der Waals surface area contributed by atoms with Crippen LogP contribution in [0, 0.1) is 17.2 Å². The molecule has 0 aromatic rings. The van der Waals surface area contributed by atoms with Crippen molar-refractivity contribution in [2.45, 2.75) is 70.9 Å². The number of rotatable bonds is 5. The highest BCUT2D eigenvalue weighted by atomic mass is 14.9. The summed E-state index contributed by atoms with van der Waals surface area (Å²) in [7, 11) is 0. The van der Waals surface area contributed by atoms with Gasteiger partial charge in [-0.3, -0.25) is 0 Å². The highest BCUT2D eigenvalue weighted by Gasteiger charge is 2.21. The molecule has 0 aliphatic heterocycles. The predicted molar refractivity (Wildman–Crippen MR) is 63.5 cm³/mol. The zero-order valence-electron chi connectivity index (χ0n) is 10.1. The quantitative estimate of drug-likeness (QED) is 0.753. The van der Waals surface area contributed by atoms with Crippen molar-refractivity contribution < 1.29 is 0 Å². The zero-order chi connectivity index (χ0) is 11.1. The molecule has 0 bridgehead atoms. The fourth-order valence-electron chi connectivity index (χ4n) is 2.57. The monoisotopic (exact) mass is 208 g/mol. The topological polar surface area (TPSA) is 35.8 Å². The first kappa shape index (κ1) is 12.5. The predicted octanol–water partition coefficient (Wildman–Crippen LogP) is 3.24. The molecule has 1 unspecified atom stereocenters. The van der Waals surface area contributed by atoms with Crippen LogP contribution in [0.15, 0.2) is 0 Å². The molecule has 15 heavy (non-hydrogen) atoms. The Morgan fingerprint density at radius 3 is 2.53 bits per heavy atom. The Morgan fingerprint density at radius 1 is 1.33 bits per heavy atom. The second-order valence-corrected chi connectivity index (χ2v) is 4.82. The van der Waals surface area contributed by atoms with Crippen LogP contribution in [-0.2, 0) is 0 Å². The minimum atomic E-state index is 0.395. The highest BCUT2D eigenvalue weighted by Crippen LogP contribution is 2.26. The lowest BCUT2D eigenvalue weighted by molar-refractivity contribution is 0.262. The van der Waals surface area contributed by atoms with Crippen LogP contribution in [-0.4, -0.2) is 12.1 Å². The minimum Gasteiger partial charge on any atom is -0.310 e. The van der Waals surface area contributed by atoms with E-state index in [1.54, 1.807) is 0 Å². The van der Waals surface area contributed by atoms with Gasteiger partial charge in [-0.15, -0.1) is 0 Å². The van der Waals surface area contributed by atoms with Crippen LogP contribution in [0.2, 0.25) is 0 Å². The Morgan fingerprint density at radius 2 is 2.00 bits per heavy atom. The van der Waals surface area contributed by atoms with Gasteiger partial charge in [-0.25, -0.2) is 0 Å². The van der Waals surface area contributed by atoms with Gasteiger partial charge in [0.25, 0.3) is 0 Å². The lowest BCUT2D eigenvalue weighted by Crippen LogP contribution is -2.41. The molecular weight excluding hydrogens is 184 g/mol. The van der Waals surface area contributed by atoms with Crippen LogP contribution in [0.4, 0.5) is 0 Å². The van der Waals surface area contributed by atoms with Gasteiger partial charge in [-0.1, -0.05) is 26.2 Å². The molecule has 2 heteroatoms. The van der Waals surface area contributed by atoms with E-state index < -0.39 is 0 Å². The van der Waals surface area contributed by atoms with E-state index in [1.165, 1.54) is 32.1 Å². The molecule has 0 aromatic heterocycles. The SMILES string of the molecule is CCC(CC#N)N[C@H](C)C1CCCCC1. The van der Waals surface area contributed by atoms with E-state index in [2.05, 4.69) is 25.2 Å². The lowest BCUT2D eigenvalue weighted by atomic mass is 9.84. The molecule has 0 heterocycles. The first-order valence-corrected chi connectivity index (χ1v) is 6.41. The molecule has 0 radical (unpaired) electrons. The van der Waals surface area contributed by atoms with Crippen LogP contribution in [0.25, 0.3) is 0 Å². The van der Waals surface area contributed by atoms with Gasteiger partial charge in [-0.2, -0.15) is 5.26 Å². The Bertz CT molecular complexity index is 201. The molecule has 2 atom stereocenters. The smallest absolute Gasteiger partial charge is 0.0638 e. The molecule has 2 nitrogen and oxygen atoms in total. The normalized spacial score (nSPS) is 21.9. The van der Waals surface area contributed by atoms with Crippen LogP contribution in [0.5, 0.6) is 0 Å². The van der Waals surface area contributed by atoms with Crippen molar-refractivity contribution >= 4 is 0 Å². The van der Waals surface area contributed by atoms with E-state index in [9.17, 15) is 0 Å². The largest absolute Gasteiger partial charge is 0.310 e. The zero-order valence-corrected chi connectivity index (χ0v) is 10.1. The van der Waals surface area contributed by atoms with Gasteiger partial charge < -0.3 is 5.32 Å². The van der Waals surface area contributed by atoms with E-state index in [1.807, 2.05) is 0 Å². The Labute approximate surface area is 94.1 Å². The number of hydrogen-bond donors (Lipinski definition) is 1. The molecule has 1 rings (SSSR count). The molecule has 0 amide bonds. The molecular formula is C13H24N2. The first-order valence-electron chi connectivity index (χ1n) is 6.41. The third-order valence-corrected chi connectivity index (χ3v) is 3.69. The fraction of sp³-hybridized carbons (Fsp3) is 0.923. The van der Waals surface area contributed by atoms with Crippen LogP contribution in [0.3, 0.4) is 0 Å². The lowest BCUT2D eigenvalue weighted by Gasteiger charge is -2.30. The van der Waals surface area contributed by atoms with Gasteiger partial charge >= 0.3 is 0 Å². The summed E-state index contributed by atoms with van der Waals surface area (Å²) in [4.78, 5) is 0. The Hall–Kier alpha value is -0.550. The van der Waals surface area contributed by atoms with Crippen LogP contribution < -0.4 is 5.32 Å². The summed E-state index contributed by atoms with van der Waals surface area (Å²) in [6, 6.07) is 3.25. The van der Waals surface area contributed by atoms with E-state index in [-0.39, 0.29) is 0 Å². The van der Waals surface area contributed by atoms with Crippen molar-refractivity contribution in [2.75, 3.05) is 0 Å². The number of nitriles is 1. The standard InChI is InChI=1S/C13H24N2/c1-3-13(9-10-14)15-11(2)12-7-5-4-6-8-12/h11-13,15H,3-9H2,1-2H3/t11-,13?/m1/s1. The summed E-state index contributed by atoms with van der Waals surface area (Å²) < 4.78 is 0. The van der Waals surface area contributed by atoms with Gasteiger partial charge in [0.2, 0.25) is 0 Å². The molecule has 0 saturated heterocycles. The van der Waals surface area contributed by atoms with Crippen molar-refractivity contribution in [3.63, 3.8) is 0 Å². The molecule has 1 saturated carbocycles. The average Bonchev–Trinajstić information content (AvgIpc) is 2.29. The molecule has 0 aromatic carbocycles. The summed E-state index contributed by atoms with van der Waals surface area (Å²) in [5.41, 5.74) is 0. The summed E-state index contributed by atoms with van der Waals surface area (Å²) >= 11 is 0. The molecule has 0 spiro atoms. The van der Waals surface area contributed by atoms with Crippen molar-refractivity contribution in [3.8, 4) is 6.07 Å². The first-order chi connectivity index (χ1) is 7.27. The van der Waals surface area contributed by atoms with Crippen LogP contribution in [0.1, 0.15) is 58.8 Å². The Balaban J connectivity index is 2.32. The van der Waals surface area contributed by atoms with Crippen molar-refractivity contribution in [2.24, 2.45) is 5.92 Å². The summed E-state index contributed by atoms with van der Waals surface area (Å²) in [6.07, 6.45) is 8.66. The molecule has 1 fully saturated rings. The van der Waals surface area contributed by atoms with Gasteiger partial charge in [0, 0.05) is 12.1 Å². The molecule has 86 valence electrons. The van der Waals surface area contributed by atoms with E-state index >= 15 is 0 Å². The number of nitrogens with zero attached hydrogens (tertiary/aromatic N) is 1. The van der Waals surface area contributed by atoms with Crippen LogP contribution >= 0.6 is 0 Å². The van der Waals surface area contributed by atoms with E-state index in [0.29, 0.717) is 18.5 Å². The number of nitrogens with one attached hydrogen (secondary N) is 1. The fourth-order valence-corrected chi connectivity index (χ4v) is 2.57. The van der Waals surface area contributed by atoms with E-state index in [0.717, 1.165) is 12.3 Å². The third-order valence-electron chi connectivity index (χ3n) is 3.69. The summed E-state index contributed by atoms with van der Waals surface area (Å²) in [5, 5.41) is 12.3. The molecule has 1 N–H and O–H groups in total. The summed E-state index contributed by atoms with van der Waals surface area (Å²) in [5.74, 6) is 0.839. The van der Waals surface area contributed by atoms with E-state index in [4.69, 9.17) is 5.26 Å². The summed E-state index contributed by atoms with van der Waals surface area (Å²) in [6.45, 7) is 4.44. The highest BCUT2D eigenvalue weighted by molar-refractivity contribution is 4.84.